The molecule has 1 unspecified atom stereocenters. The number of nitrogens with one attached hydrogen (secondary N) is 1. The van der Waals surface area contributed by atoms with Gasteiger partial charge in [0.05, 0.1) is 77.7 Å². The summed E-state index contributed by atoms with van der Waals surface area (Å²) in [5, 5.41) is 5.81. The van der Waals surface area contributed by atoms with Crippen molar-refractivity contribution in [2.75, 3.05) is 89.4 Å². The predicted molar refractivity (Wildman–Crippen MR) is 165 cm³/mol. The molecule has 1 fully saturated rings. The van der Waals surface area contributed by atoms with Gasteiger partial charge in [-0.15, -0.1) is 0 Å². The third-order valence-corrected chi connectivity index (χ3v) is 8.29. The van der Waals surface area contributed by atoms with Crippen molar-refractivity contribution in [2.45, 2.75) is 25.0 Å². The van der Waals surface area contributed by atoms with Gasteiger partial charge in [-0.2, -0.15) is 0 Å². The van der Waals surface area contributed by atoms with Crippen LogP contribution in [0.5, 0.6) is 5.75 Å². The summed E-state index contributed by atoms with van der Waals surface area (Å²) < 4.78 is 35.7. The molecule has 3 aliphatic rings. The lowest BCUT2D eigenvalue weighted by atomic mass is 9.78. The van der Waals surface area contributed by atoms with E-state index in [1.165, 1.54) is 5.56 Å². The Kier molecular flexibility index (Phi) is 8.92. The molecule has 42 heavy (non-hydrogen) atoms. The molecule has 1 N–H and O–H groups in total. The Labute approximate surface area is 247 Å². The van der Waals surface area contributed by atoms with Crippen LogP contribution in [-0.4, -0.2) is 91.1 Å². The van der Waals surface area contributed by atoms with Gasteiger partial charge in [-0.3, -0.25) is 4.99 Å². The van der Waals surface area contributed by atoms with E-state index in [1.807, 2.05) is 12.3 Å². The third kappa shape index (κ3) is 5.85. The Balaban J connectivity index is 1.28. The second-order valence-corrected chi connectivity index (χ2v) is 11.2. The van der Waals surface area contributed by atoms with Gasteiger partial charge >= 0.3 is 0 Å². The lowest BCUT2D eigenvalue weighted by molar-refractivity contribution is -0.0116. The smallest absolute Gasteiger partial charge is 0.226 e. The average Bonchev–Trinajstić information content (AvgIpc) is 3.21. The number of para-hydroxylation sites is 1. The molecule has 0 saturated carbocycles. The van der Waals surface area contributed by atoms with Crippen molar-refractivity contribution >= 4 is 34.0 Å². The van der Waals surface area contributed by atoms with Gasteiger partial charge in [0.2, 0.25) is 5.72 Å². The van der Waals surface area contributed by atoms with Gasteiger partial charge in [0.1, 0.15) is 5.69 Å². The van der Waals surface area contributed by atoms with Crippen LogP contribution < -0.4 is 15.0 Å². The number of hydrogen-bond donors (Lipinski definition) is 1. The Hall–Kier alpha value is -3.21. The summed E-state index contributed by atoms with van der Waals surface area (Å²) in [5.41, 5.74) is 3.06. The summed E-state index contributed by atoms with van der Waals surface area (Å²) >= 11 is 0. The second-order valence-electron chi connectivity index (χ2n) is 11.2. The van der Waals surface area contributed by atoms with Crippen molar-refractivity contribution in [1.82, 2.24) is 0 Å². The van der Waals surface area contributed by atoms with E-state index in [2.05, 4.69) is 72.6 Å². The first-order valence-electron chi connectivity index (χ1n) is 14.9. The van der Waals surface area contributed by atoms with Crippen LogP contribution in [0, 0.1) is 0 Å². The first kappa shape index (κ1) is 28.9. The lowest BCUT2D eigenvalue weighted by Crippen LogP contribution is -2.56. The number of anilines is 2. The molecular weight excluding hydrogens is 534 g/mol. The molecular formula is C33H41N3O6. The van der Waals surface area contributed by atoms with Crippen molar-refractivity contribution in [3.63, 3.8) is 0 Å². The number of fused-ring (bicyclic) bond motifs is 4. The second kappa shape index (κ2) is 13.0. The Bertz CT molecular complexity index is 1380. The molecule has 3 aromatic carbocycles. The van der Waals surface area contributed by atoms with Gasteiger partial charge in [-0.05, 0) is 25.5 Å². The Morgan fingerprint density at radius 1 is 0.690 bits per heavy atom. The SMILES string of the molecule is CC1(C)c2ccccc2NC12C=Nc1c(cc(N3CCOCCOCCOCCOCCOCC3)c3ccccc13)O2. The normalized spacial score (nSPS) is 23.8. The summed E-state index contributed by atoms with van der Waals surface area (Å²) in [6.45, 7) is 11.2. The van der Waals surface area contributed by atoms with Gasteiger partial charge in [0.15, 0.2) is 5.75 Å². The summed E-state index contributed by atoms with van der Waals surface area (Å²) in [5.74, 6) is 0.755. The fourth-order valence-electron chi connectivity index (χ4n) is 5.87. The maximum Gasteiger partial charge on any atom is 0.226 e. The van der Waals surface area contributed by atoms with Gasteiger partial charge < -0.3 is 38.6 Å². The van der Waals surface area contributed by atoms with Crippen LogP contribution in [0.1, 0.15) is 19.4 Å². The van der Waals surface area contributed by atoms with E-state index in [1.54, 1.807) is 0 Å². The van der Waals surface area contributed by atoms with Crippen LogP contribution in [0.25, 0.3) is 10.8 Å². The van der Waals surface area contributed by atoms with Gasteiger partial charge in [-0.25, -0.2) is 0 Å². The fraction of sp³-hybridized carbons (Fsp3) is 0.485. The summed E-state index contributed by atoms with van der Waals surface area (Å²) in [6, 6.07) is 18.9. The Morgan fingerprint density at radius 3 is 1.86 bits per heavy atom. The van der Waals surface area contributed by atoms with E-state index in [9.17, 15) is 0 Å². The van der Waals surface area contributed by atoms with E-state index in [-0.39, 0.29) is 5.41 Å². The minimum atomic E-state index is -0.798. The van der Waals surface area contributed by atoms with E-state index in [0.29, 0.717) is 79.2 Å². The highest BCUT2D eigenvalue weighted by Crippen LogP contribution is 2.52. The summed E-state index contributed by atoms with van der Waals surface area (Å²) in [6.07, 6.45) is 1.94. The fourth-order valence-corrected chi connectivity index (χ4v) is 5.87. The molecule has 1 saturated heterocycles. The molecule has 3 heterocycles. The van der Waals surface area contributed by atoms with E-state index in [0.717, 1.165) is 33.6 Å². The lowest BCUT2D eigenvalue weighted by Gasteiger charge is -2.41. The van der Waals surface area contributed by atoms with Gasteiger partial charge in [-0.1, -0.05) is 42.5 Å². The Morgan fingerprint density at radius 2 is 1.24 bits per heavy atom. The minimum absolute atomic E-state index is 0.339. The summed E-state index contributed by atoms with van der Waals surface area (Å²) in [4.78, 5) is 7.36. The molecule has 0 radical (unpaired) electrons. The number of rotatable bonds is 1. The third-order valence-electron chi connectivity index (χ3n) is 8.29. The molecule has 0 aromatic heterocycles. The molecule has 0 amide bonds. The highest BCUT2D eigenvalue weighted by atomic mass is 16.6. The van der Waals surface area contributed by atoms with E-state index in [4.69, 9.17) is 33.4 Å². The van der Waals surface area contributed by atoms with Crippen LogP contribution >= 0.6 is 0 Å². The predicted octanol–water partition coefficient (Wildman–Crippen LogP) is 4.94. The molecule has 224 valence electrons. The number of benzene rings is 3. The molecule has 9 nitrogen and oxygen atoms in total. The zero-order valence-electron chi connectivity index (χ0n) is 24.6. The summed E-state index contributed by atoms with van der Waals surface area (Å²) in [7, 11) is 0. The van der Waals surface area contributed by atoms with Crippen LogP contribution in [0.3, 0.4) is 0 Å². The first-order chi connectivity index (χ1) is 20.6. The standard InChI is InChI=1S/C33H41N3O6/c1-32(2)27-9-5-6-10-28(27)35-33(32)24-34-31-26-8-4-3-7-25(26)29(23-30(31)42-33)36-11-13-37-15-17-39-19-21-41-22-20-40-18-16-38-14-12-36/h3-10,23-24,35H,11-22H2,1-2H3. The largest absolute Gasteiger partial charge is 0.460 e. The molecule has 1 spiro atoms. The van der Waals surface area contributed by atoms with Crippen LogP contribution in [0.15, 0.2) is 59.6 Å². The zero-order valence-corrected chi connectivity index (χ0v) is 24.6. The van der Waals surface area contributed by atoms with Gasteiger partial charge in [0.25, 0.3) is 0 Å². The average molecular weight is 576 g/mol. The number of aliphatic imine (C=N–C) groups is 1. The number of nitrogens with zero attached hydrogens (tertiary/aromatic N) is 2. The minimum Gasteiger partial charge on any atom is -0.460 e. The number of ether oxygens (including phenoxy) is 6. The van der Waals surface area contributed by atoms with Crippen molar-refractivity contribution in [2.24, 2.45) is 4.99 Å². The highest BCUT2D eigenvalue weighted by molar-refractivity contribution is 6.06. The van der Waals surface area contributed by atoms with E-state index < -0.39 is 5.72 Å². The zero-order chi connectivity index (χ0) is 28.8. The van der Waals surface area contributed by atoms with Crippen LogP contribution in [0.4, 0.5) is 17.1 Å². The molecule has 0 aliphatic carbocycles. The molecule has 6 rings (SSSR count). The van der Waals surface area contributed by atoms with Crippen molar-refractivity contribution < 1.29 is 28.4 Å². The van der Waals surface area contributed by atoms with Gasteiger partial charge in [0, 0.05) is 41.3 Å². The van der Waals surface area contributed by atoms with E-state index >= 15 is 0 Å². The molecule has 9 heteroatoms. The molecule has 0 bridgehead atoms. The van der Waals surface area contributed by atoms with Crippen LogP contribution in [0.2, 0.25) is 0 Å². The molecule has 3 aromatic rings. The maximum atomic E-state index is 6.94. The number of hydrogen-bond acceptors (Lipinski definition) is 9. The van der Waals surface area contributed by atoms with Crippen LogP contribution in [-0.2, 0) is 29.1 Å². The molecule has 1 atom stereocenters. The van der Waals surface area contributed by atoms with Crippen molar-refractivity contribution in [3.05, 3.63) is 60.2 Å². The quantitative estimate of drug-likeness (QED) is 0.437. The maximum absolute atomic E-state index is 6.94. The van der Waals surface area contributed by atoms with Crippen molar-refractivity contribution in [3.8, 4) is 5.75 Å². The monoisotopic (exact) mass is 575 g/mol. The highest BCUT2D eigenvalue weighted by Gasteiger charge is 2.55. The molecule has 3 aliphatic heterocycles. The topological polar surface area (TPSA) is 83.0 Å². The first-order valence-corrected chi connectivity index (χ1v) is 14.9. The van der Waals surface area contributed by atoms with Crippen molar-refractivity contribution in [1.29, 1.82) is 0 Å².